The Morgan fingerprint density at radius 1 is 1.26 bits per heavy atom. The van der Waals surface area contributed by atoms with Gasteiger partial charge in [-0.2, -0.15) is 0 Å². The van der Waals surface area contributed by atoms with Crippen LogP contribution in [0.1, 0.15) is 50.3 Å². The fourth-order valence-corrected chi connectivity index (χ4v) is 5.23. The monoisotopic (exact) mass is 440 g/mol. The normalized spacial score (nSPS) is 15.4. The van der Waals surface area contributed by atoms with Crippen molar-refractivity contribution in [1.29, 1.82) is 0 Å². The van der Waals surface area contributed by atoms with E-state index < -0.39 is 11.9 Å². The molecule has 31 heavy (non-hydrogen) atoms. The molecular weight excluding hydrogens is 416 g/mol. The number of aromatic nitrogens is 3. The van der Waals surface area contributed by atoms with Gasteiger partial charge >= 0.3 is 5.97 Å². The number of rotatable bonds is 6. The molecule has 1 aromatic carbocycles. The van der Waals surface area contributed by atoms with E-state index in [-0.39, 0.29) is 12.3 Å². The van der Waals surface area contributed by atoms with E-state index in [0.29, 0.717) is 22.2 Å². The number of carbonyl (C=O) groups excluding carboxylic acids is 2. The first-order valence-electron chi connectivity index (χ1n) is 10.1. The maximum atomic E-state index is 13.2. The van der Waals surface area contributed by atoms with Crippen LogP contribution >= 0.6 is 11.3 Å². The van der Waals surface area contributed by atoms with Gasteiger partial charge < -0.3 is 14.8 Å². The predicted molar refractivity (Wildman–Crippen MR) is 117 cm³/mol. The van der Waals surface area contributed by atoms with Crippen molar-refractivity contribution >= 4 is 28.2 Å². The SMILES string of the molecule is COCc1c(C(=O)Nc2sc3c(c2C(=O)OC)CCC(C)C3)nnn1-c1ccccc1. The van der Waals surface area contributed by atoms with Crippen molar-refractivity contribution in [3.63, 3.8) is 0 Å². The third-order valence-corrected chi connectivity index (χ3v) is 6.56. The minimum absolute atomic E-state index is 0.154. The van der Waals surface area contributed by atoms with Crippen LogP contribution in [-0.4, -0.2) is 41.1 Å². The van der Waals surface area contributed by atoms with Crippen molar-refractivity contribution < 1.29 is 19.1 Å². The molecule has 1 unspecified atom stereocenters. The van der Waals surface area contributed by atoms with Crippen LogP contribution in [0.3, 0.4) is 0 Å². The molecule has 0 bridgehead atoms. The van der Waals surface area contributed by atoms with Crippen LogP contribution in [0.4, 0.5) is 5.00 Å². The highest BCUT2D eigenvalue weighted by atomic mass is 32.1. The number of ether oxygens (including phenoxy) is 2. The number of benzene rings is 1. The largest absolute Gasteiger partial charge is 0.465 e. The van der Waals surface area contributed by atoms with Crippen LogP contribution in [0.25, 0.3) is 5.69 Å². The topological polar surface area (TPSA) is 95.3 Å². The van der Waals surface area contributed by atoms with E-state index in [9.17, 15) is 9.59 Å². The van der Waals surface area contributed by atoms with Gasteiger partial charge in [-0.15, -0.1) is 16.4 Å². The number of hydrogen-bond acceptors (Lipinski definition) is 7. The predicted octanol–water partition coefficient (Wildman–Crippen LogP) is 3.64. The molecule has 0 spiro atoms. The average molecular weight is 441 g/mol. The Morgan fingerprint density at radius 2 is 2.03 bits per heavy atom. The summed E-state index contributed by atoms with van der Waals surface area (Å²) < 4.78 is 11.9. The van der Waals surface area contributed by atoms with Gasteiger partial charge in [-0.1, -0.05) is 30.3 Å². The molecule has 162 valence electrons. The Hall–Kier alpha value is -3.04. The Bertz CT molecular complexity index is 1110. The third-order valence-electron chi connectivity index (χ3n) is 5.39. The maximum absolute atomic E-state index is 13.2. The summed E-state index contributed by atoms with van der Waals surface area (Å²) in [6, 6.07) is 9.41. The molecule has 0 saturated heterocycles. The molecule has 1 atom stereocenters. The molecule has 0 saturated carbocycles. The zero-order valence-electron chi connectivity index (χ0n) is 17.7. The molecule has 3 aromatic rings. The van der Waals surface area contributed by atoms with Crippen molar-refractivity contribution in [2.45, 2.75) is 32.8 Å². The van der Waals surface area contributed by atoms with Crippen LogP contribution < -0.4 is 5.32 Å². The molecule has 2 heterocycles. The lowest BCUT2D eigenvalue weighted by atomic mass is 9.88. The number of para-hydroxylation sites is 1. The second kappa shape index (κ2) is 8.99. The van der Waals surface area contributed by atoms with Crippen molar-refractivity contribution in [2.75, 3.05) is 19.5 Å². The average Bonchev–Trinajstić information content (AvgIpc) is 3.35. The number of hydrogen-bond donors (Lipinski definition) is 1. The summed E-state index contributed by atoms with van der Waals surface area (Å²) in [5.41, 5.74) is 2.89. The zero-order chi connectivity index (χ0) is 22.0. The van der Waals surface area contributed by atoms with E-state index in [1.54, 1.807) is 11.8 Å². The number of nitrogens with zero attached hydrogens (tertiary/aromatic N) is 3. The van der Waals surface area contributed by atoms with Gasteiger partial charge in [-0.25, -0.2) is 9.48 Å². The summed E-state index contributed by atoms with van der Waals surface area (Å²) >= 11 is 1.44. The Labute approximate surface area is 184 Å². The number of fused-ring (bicyclic) bond motifs is 1. The molecule has 1 aliphatic rings. The van der Waals surface area contributed by atoms with Crippen LogP contribution in [0.2, 0.25) is 0 Å². The van der Waals surface area contributed by atoms with Gasteiger partial charge in [0.1, 0.15) is 10.7 Å². The molecule has 1 aliphatic carbocycles. The van der Waals surface area contributed by atoms with Crippen LogP contribution in [0, 0.1) is 5.92 Å². The molecule has 1 amide bonds. The molecule has 0 fully saturated rings. The van der Waals surface area contributed by atoms with E-state index in [1.807, 2.05) is 30.3 Å². The molecule has 0 aliphatic heterocycles. The maximum Gasteiger partial charge on any atom is 0.341 e. The molecule has 1 N–H and O–H groups in total. The molecule has 0 radical (unpaired) electrons. The molecule has 9 heteroatoms. The van der Waals surface area contributed by atoms with Crippen molar-refractivity contribution in [1.82, 2.24) is 15.0 Å². The standard InChI is InChI=1S/C22H24N4O4S/c1-13-9-10-15-17(11-13)31-21(18(15)22(28)30-3)23-20(27)19-16(12-29-2)26(25-24-19)14-7-5-4-6-8-14/h4-8,13H,9-12H2,1-3H3,(H,23,27). The highest BCUT2D eigenvalue weighted by Crippen LogP contribution is 2.40. The van der Waals surface area contributed by atoms with Crippen LogP contribution in [0.5, 0.6) is 0 Å². The fraction of sp³-hybridized carbons (Fsp3) is 0.364. The van der Waals surface area contributed by atoms with Crippen LogP contribution in [-0.2, 0) is 28.9 Å². The minimum Gasteiger partial charge on any atom is -0.465 e. The molecule has 2 aromatic heterocycles. The first kappa shape index (κ1) is 21.2. The van der Waals surface area contributed by atoms with Gasteiger partial charge in [0, 0.05) is 12.0 Å². The highest BCUT2D eigenvalue weighted by molar-refractivity contribution is 7.17. The highest BCUT2D eigenvalue weighted by Gasteiger charge is 2.30. The lowest BCUT2D eigenvalue weighted by Crippen LogP contribution is -2.18. The van der Waals surface area contributed by atoms with Gasteiger partial charge in [-0.05, 0) is 42.9 Å². The second-order valence-corrected chi connectivity index (χ2v) is 8.67. The summed E-state index contributed by atoms with van der Waals surface area (Å²) in [5, 5.41) is 11.6. The van der Waals surface area contributed by atoms with Gasteiger partial charge in [0.2, 0.25) is 0 Å². The van der Waals surface area contributed by atoms with Gasteiger partial charge in [0.15, 0.2) is 5.69 Å². The van der Waals surface area contributed by atoms with Gasteiger partial charge in [0.05, 0.1) is 25.0 Å². The molecule has 8 nitrogen and oxygen atoms in total. The number of thiophene rings is 1. The van der Waals surface area contributed by atoms with Gasteiger partial charge in [-0.3, -0.25) is 4.79 Å². The Morgan fingerprint density at radius 3 is 2.74 bits per heavy atom. The summed E-state index contributed by atoms with van der Waals surface area (Å²) in [7, 11) is 2.90. The number of amides is 1. The number of carbonyl (C=O) groups is 2. The lowest BCUT2D eigenvalue weighted by Gasteiger charge is -2.18. The fourth-order valence-electron chi connectivity index (χ4n) is 3.84. The second-order valence-electron chi connectivity index (χ2n) is 7.57. The number of methoxy groups -OCH3 is 2. The number of esters is 1. The van der Waals surface area contributed by atoms with E-state index >= 15 is 0 Å². The number of anilines is 1. The van der Waals surface area contributed by atoms with Crippen molar-refractivity contribution in [3.05, 3.63) is 57.7 Å². The Kier molecular flexibility index (Phi) is 6.15. The molecular formula is C22H24N4O4S. The first-order chi connectivity index (χ1) is 15.0. The van der Waals surface area contributed by atoms with Crippen LogP contribution in [0.15, 0.2) is 30.3 Å². The number of nitrogens with one attached hydrogen (secondary N) is 1. The van der Waals surface area contributed by atoms with Gasteiger partial charge in [0.25, 0.3) is 5.91 Å². The summed E-state index contributed by atoms with van der Waals surface area (Å²) in [5.74, 6) is -0.335. The van der Waals surface area contributed by atoms with E-state index in [4.69, 9.17) is 9.47 Å². The zero-order valence-corrected chi connectivity index (χ0v) is 18.5. The Balaban J connectivity index is 1.69. The summed E-state index contributed by atoms with van der Waals surface area (Å²) in [6.45, 7) is 2.35. The summed E-state index contributed by atoms with van der Waals surface area (Å²) in [4.78, 5) is 26.8. The minimum atomic E-state index is -0.439. The van der Waals surface area contributed by atoms with Crippen molar-refractivity contribution in [3.8, 4) is 5.69 Å². The lowest BCUT2D eigenvalue weighted by molar-refractivity contribution is 0.0601. The van der Waals surface area contributed by atoms with E-state index in [0.717, 1.165) is 35.4 Å². The smallest absolute Gasteiger partial charge is 0.341 e. The van der Waals surface area contributed by atoms with E-state index in [2.05, 4.69) is 22.6 Å². The van der Waals surface area contributed by atoms with Crippen molar-refractivity contribution in [2.24, 2.45) is 5.92 Å². The quantitative estimate of drug-likeness (QED) is 0.588. The first-order valence-corrected chi connectivity index (χ1v) is 10.9. The summed E-state index contributed by atoms with van der Waals surface area (Å²) in [6.07, 6.45) is 2.69. The molecule has 4 rings (SSSR count). The third kappa shape index (κ3) is 4.11. The van der Waals surface area contributed by atoms with E-state index in [1.165, 1.54) is 18.4 Å².